The van der Waals surface area contributed by atoms with E-state index in [0.29, 0.717) is 6.54 Å². The smallest absolute Gasteiger partial charge is 0.249 e. The first-order valence-corrected chi connectivity index (χ1v) is 4.38. The Bertz CT molecular complexity index is 144. The molecule has 70 valence electrons. The second-order valence-corrected chi connectivity index (χ2v) is 2.90. The van der Waals surface area contributed by atoms with Gasteiger partial charge in [-0.1, -0.05) is 0 Å². The third-order valence-electron chi connectivity index (χ3n) is 1.90. The minimum absolute atomic E-state index is 0.0303. The third kappa shape index (κ3) is 2.79. The number of carbonyl (C=O) groups excluding carboxylic acids is 1. The van der Waals surface area contributed by atoms with Crippen LogP contribution in [0.3, 0.4) is 0 Å². The molecule has 0 aromatic rings. The maximum atomic E-state index is 11.3. The van der Waals surface area contributed by atoms with Gasteiger partial charge < -0.3 is 15.4 Å². The van der Waals surface area contributed by atoms with Crippen LogP contribution in [0.5, 0.6) is 0 Å². The summed E-state index contributed by atoms with van der Waals surface area (Å²) < 4.78 is 5.21. The second-order valence-electron chi connectivity index (χ2n) is 2.90. The Kier molecular flexibility index (Phi) is 4.04. The molecule has 1 atom stereocenters. The maximum absolute atomic E-state index is 11.3. The van der Waals surface area contributed by atoms with E-state index in [0.717, 1.165) is 26.0 Å². The van der Waals surface area contributed by atoms with Gasteiger partial charge in [-0.2, -0.15) is 0 Å². The van der Waals surface area contributed by atoms with Crippen LogP contribution >= 0.6 is 0 Å². The molecular weight excluding hydrogens is 156 g/mol. The molecule has 4 heteroatoms. The zero-order chi connectivity index (χ0) is 8.81. The Morgan fingerprint density at radius 2 is 2.42 bits per heavy atom. The lowest BCUT2D eigenvalue weighted by Crippen LogP contribution is -2.37. The highest BCUT2D eigenvalue weighted by Gasteiger charge is 2.22. The quantitative estimate of drug-likeness (QED) is 0.562. The number of hydrogen-bond donors (Lipinski definition) is 2. The Morgan fingerprint density at radius 1 is 1.58 bits per heavy atom. The van der Waals surface area contributed by atoms with Crippen molar-refractivity contribution in [3.63, 3.8) is 0 Å². The van der Waals surface area contributed by atoms with Gasteiger partial charge in [0, 0.05) is 19.7 Å². The molecule has 0 spiro atoms. The standard InChI is InChI=1S/C8H16N2O2/c1-9-4-5-10-8(11)7-3-2-6-12-7/h7,9H,2-6H2,1H3,(H,10,11)/t7-/m0/s1. The van der Waals surface area contributed by atoms with Crippen LogP contribution in [0.1, 0.15) is 12.8 Å². The van der Waals surface area contributed by atoms with Crippen LogP contribution in [0, 0.1) is 0 Å². The minimum atomic E-state index is -0.193. The summed E-state index contributed by atoms with van der Waals surface area (Å²) in [5, 5.41) is 5.76. The van der Waals surface area contributed by atoms with Crippen molar-refractivity contribution in [1.29, 1.82) is 0 Å². The topological polar surface area (TPSA) is 50.4 Å². The summed E-state index contributed by atoms with van der Waals surface area (Å²) in [4.78, 5) is 11.3. The number of likely N-dealkylation sites (N-methyl/N-ethyl adjacent to an activating group) is 1. The van der Waals surface area contributed by atoms with Gasteiger partial charge in [-0.3, -0.25) is 4.79 Å². The van der Waals surface area contributed by atoms with Crippen molar-refractivity contribution in [2.75, 3.05) is 26.7 Å². The Morgan fingerprint density at radius 3 is 3.00 bits per heavy atom. The van der Waals surface area contributed by atoms with Gasteiger partial charge in [-0.05, 0) is 19.9 Å². The number of carbonyl (C=O) groups is 1. The Labute approximate surface area is 72.7 Å². The van der Waals surface area contributed by atoms with Crippen LogP contribution < -0.4 is 10.6 Å². The van der Waals surface area contributed by atoms with Crippen molar-refractivity contribution in [3.05, 3.63) is 0 Å². The summed E-state index contributed by atoms with van der Waals surface area (Å²) in [5.41, 5.74) is 0. The van der Waals surface area contributed by atoms with Crippen LogP contribution in [0.25, 0.3) is 0 Å². The summed E-state index contributed by atoms with van der Waals surface area (Å²) in [7, 11) is 1.86. The van der Waals surface area contributed by atoms with Crippen LogP contribution in [-0.2, 0) is 9.53 Å². The summed E-state index contributed by atoms with van der Waals surface area (Å²) >= 11 is 0. The van der Waals surface area contributed by atoms with Gasteiger partial charge in [-0.15, -0.1) is 0 Å². The predicted molar refractivity (Wildman–Crippen MR) is 45.9 cm³/mol. The van der Waals surface area contributed by atoms with Crippen LogP contribution in [0.2, 0.25) is 0 Å². The van der Waals surface area contributed by atoms with Crippen molar-refractivity contribution in [2.24, 2.45) is 0 Å². The molecule has 0 unspecified atom stereocenters. The number of hydrogen-bond acceptors (Lipinski definition) is 3. The van der Waals surface area contributed by atoms with Gasteiger partial charge in [0.2, 0.25) is 5.91 Å². The first-order valence-electron chi connectivity index (χ1n) is 4.38. The van der Waals surface area contributed by atoms with E-state index in [1.165, 1.54) is 0 Å². The lowest BCUT2D eigenvalue weighted by atomic mass is 10.2. The third-order valence-corrected chi connectivity index (χ3v) is 1.90. The zero-order valence-electron chi connectivity index (χ0n) is 7.43. The van der Waals surface area contributed by atoms with Gasteiger partial charge in [-0.25, -0.2) is 0 Å². The number of rotatable bonds is 4. The fraction of sp³-hybridized carbons (Fsp3) is 0.875. The lowest BCUT2D eigenvalue weighted by molar-refractivity contribution is -0.129. The van der Waals surface area contributed by atoms with Crippen LogP contribution in [-0.4, -0.2) is 38.8 Å². The fourth-order valence-electron chi connectivity index (χ4n) is 1.21. The molecule has 2 N–H and O–H groups in total. The molecule has 0 aliphatic carbocycles. The van der Waals surface area contributed by atoms with Crippen LogP contribution in [0.4, 0.5) is 0 Å². The molecule has 0 saturated carbocycles. The summed E-state index contributed by atoms with van der Waals surface area (Å²) in [6.07, 6.45) is 1.68. The molecule has 1 aliphatic rings. The predicted octanol–water partition coefficient (Wildman–Crippen LogP) is -0.499. The highest BCUT2D eigenvalue weighted by atomic mass is 16.5. The van der Waals surface area contributed by atoms with E-state index in [2.05, 4.69) is 10.6 Å². The van der Waals surface area contributed by atoms with Gasteiger partial charge in [0.15, 0.2) is 0 Å². The SMILES string of the molecule is CNCCNC(=O)[C@@H]1CCCO1. The molecule has 1 saturated heterocycles. The Balaban J connectivity index is 2.10. The summed E-state index contributed by atoms with van der Waals surface area (Å²) in [6.45, 7) is 2.21. The molecule has 1 heterocycles. The molecule has 0 aromatic carbocycles. The highest BCUT2D eigenvalue weighted by Crippen LogP contribution is 2.11. The van der Waals surface area contributed by atoms with Gasteiger partial charge in [0.05, 0.1) is 0 Å². The maximum Gasteiger partial charge on any atom is 0.249 e. The Hall–Kier alpha value is -0.610. The second kappa shape index (κ2) is 5.11. The molecule has 1 rings (SSSR count). The van der Waals surface area contributed by atoms with E-state index in [1.54, 1.807) is 0 Å². The molecule has 1 aliphatic heterocycles. The van der Waals surface area contributed by atoms with E-state index in [1.807, 2.05) is 7.05 Å². The molecule has 12 heavy (non-hydrogen) atoms. The molecule has 1 fully saturated rings. The van der Waals surface area contributed by atoms with E-state index in [9.17, 15) is 4.79 Å². The average Bonchev–Trinajstić information content (AvgIpc) is 2.56. The van der Waals surface area contributed by atoms with E-state index >= 15 is 0 Å². The normalized spacial score (nSPS) is 22.6. The molecule has 4 nitrogen and oxygen atoms in total. The zero-order valence-corrected chi connectivity index (χ0v) is 7.43. The first kappa shape index (κ1) is 9.48. The monoisotopic (exact) mass is 172 g/mol. The summed E-state index contributed by atoms with van der Waals surface area (Å²) in [6, 6.07) is 0. The van der Waals surface area contributed by atoms with Crippen LogP contribution in [0.15, 0.2) is 0 Å². The molecular formula is C8H16N2O2. The van der Waals surface area contributed by atoms with E-state index < -0.39 is 0 Å². The van der Waals surface area contributed by atoms with Crippen molar-refractivity contribution < 1.29 is 9.53 Å². The molecule has 1 amide bonds. The van der Waals surface area contributed by atoms with Crippen molar-refractivity contribution in [1.82, 2.24) is 10.6 Å². The molecule has 0 radical (unpaired) electrons. The largest absolute Gasteiger partial charge is 0.368 e. The molecule has 0 bridgehead atoms. The number of nitrogens with one attached hydrogen (secondary N) is 2. The van der Waals surface area contributed by atoms with Crippen molar-refractivity contribution in [3.8, 4) is 0 Å². The fourth-order valence-corrected chi connectivity index (χ4v) is 1.21. The number of amides is 1. The minimum Gasteiger partial charge on any atom is -0.368 e. The van der Waals surface area contributed by atoms with E-state index in [4.69, 9.17) is 4.74 Å². The average molecular weight is 172 g/mol. The number of ether oxygens (including phenoxy) is 1. The first-order chi connectivity index (χ1) is 5.84. The van der Waals surface area contributed by atoms with Crippen molar-refractivity contribution in [2.45, 2.75) is 18.9 Å². The van der Waals surface area contributed by atoms with Crippen molar-refractivity contribution >= 4 is 5.91 Å². The molecule has 0 aromatic heterocycles. The van der Waals surface area contributed by atoms with Gasteiger partial charge in [0.1, 0.15) is 6.10 Å². The van der Waals surface area contributed by atoms with Gasteiger partial charge >= 0.3 is 0 Å². The van der Waals surface area contributed by atoms with E-state index in [-0.39, 0.29) is 12.0 Å². The van der Waals surface area contributed by atoms with Gasteiger partial charge in [0.25, 0.3) is 0 Å². The highest BCUT2D eigenvalue weighted by molar-refractivity contribution is 5.80. The summed E-state index contributed by atoms with van der Waals surface area (Å²) in [5.74, 6) is 0.0303. The lowest BCUT2D eigenvalue weighted by Gasteiger charge is -2.09.